The Hall–Kier alpha value is -2.40. The van der Waals surface area contributed by atoms with Gasteiger partial charge in [0.05, 0.1) is 5.02 Å². The number of aromatic nitrogens is 3. The van der Waals surface area contributed by atoms with Crippen LogP contribution in [0, 0.1) is 6.92 Å². The lowest BCUT2D eigenvalue weighted by molar-refractivity contribution is 0.102. The van der Waals surface area contributed by atoms with Crippen LogP contribution >= 0.6 is 11.6 Å². The van der Waals surface area contributed by atoms with E-state index in [-0.39, 0.29) is 5.91 Å². The fourth-order valence-corrected chi connectivity index (χ4v) is 1.94. The van der Waals surface area contributed by atoms with Gasteiger partial charge in [0, 0.05) is 18.6 Å². The molecule has 5 nitrogen and oxygen atoms in total. The van der Waals surface area contributed by atoms with Crippen LogP contribution in [-0.2, 0) is 0 Å². The van der Waals surface area contributed by atoms with Crippen molar-refractivity contribution in [3.8, 4) is 0 Å². The SMILES string of the molecule is Cc1ccn2cc(C(=O)Nc3ccc(Cl)cn3)nc2c1. The largest absolute Gasteiger partial charge is 0.306 e. The molecule has 3 aromatic rings. The summed E-state index contributed by atoms with van der Waals surface area (Å²) < 4.78 is 1.80. The number of amides is 1. The van der Waals surface area contributed by atoms with Gasteiger partial charge >= 0.3 is 0 Å². The van der Waals surface area contributed by atoms with Gasteiger partial charge in [-0.15, -0.1) is 0 Å². The average molecular weight is 287 g/mol. The van der Waals surface area contributed by atoms with Gasteiger partial charge in [0.15, 0.2) is 0 Å². The highest BCUT2D eigenvalue weighted by atomic mass is 35.5. The third-order valence-corrected chi connectivity index (χ3v) is 3.04. The van der Waals surface area contributed by atoms with E-state index in [9.17, 15) is 4.79 Å². The van der Waals surface area contributed by atoms with Gasteiger partial charge in [0.1, 0.15) is 17.2 Å². The van der Waals surface area contributed by atoms with Gasteiger partial charge in [-0.05, 0) is 36.8 Å². The molecule has 0 radical (unpaired) electrons. The van der Waals surface area contributed by atoms with E-state index in [2.05, 4.69) is 15.3 Å². The third kappa shape index (κ3) is 2.48. The van der Waals surface area contributed by atoms with Crippen LogP contribution in [0.2, 0.25) is 5.02 Å². The molecule has 6 heteroatoms. The first-order valence-electron chi connectivity index (χ1n) is 6.00. The molecule has 3 heterocycles. The topological polar surface area (TPSA) is 59.3 Å². The highest BCUT2D eigenvalue weighted by Crippen LogP contribution is 2.12. The lowest BCUT2D eigenvalue weighted by Crippen LogP contribution is -2.13. The van der Waals surface area contributed by atoms with Crippen LogP contribution in [0.5, 0.6) is 0 Å². The van der Waals surface area contributed by atoms with Gasteiger partial charge in [-0.2, -0.15) is 0 Å². The summed E-state index contributed by atoms with van der Waals surface area (Å²) in [5.74, 6) is 0.133. The Bertz CT molecular complexity index is 779. The number of hydrogen-bond donors (Lipinski definition) is 1. The first kappa shape index (κ1) is 12.6. The molecule has 0 bridgehead atoms. The van der Waals surface area contributed by atoms with Crippen molar-refractivity contribution in [1.82, 2.24) is 14.4 Å². The molecule has 0 aromatic carbocycles. The van der Waals surface area contributed by atoms with Gasteiger partial charge < -0.3 is 9.72 Å². The molecule has 100 valence electrons. The number of rotatable bonds is 2. The van der Waals surface area contributed by atoms with Crippen molar-refractivity contribution in [2.75, 3.05) is 5.32 Å². The Morgan fingerprint density at radius 3 is 2.95 bits per heavy atom. The minimum absolute atomic E-state index is 0.304. The number of carbonyl (C=O) groups is 1. The number of carbonyl (C=O) groups excluding carboxylic acids is 1. The second-order valence-corrected chi connectivity index (χ2v) is 4.85. The normalized spacial score (nSPS) is 10.7. The van der Waals surface area contributed by atoms with E-state index < -0.39 is 0 Å². The van der Waals surface area contributed by atoms with Crippen molar-refractivity contribution >= 4 is 29.0 Å². The second-order valence-electron chi connectivity index (χ2n) is 4.41. The van der Waals surface area contributed by atoms with Crippen LogP contribution in [0.1, 0.15) is 16.1 Å². The van der Waals surface area contributed by atoms with Crippen LogP contribution in [-0.4, -0.2) is 20.3 Å². The van der Waals surface area contributed by atoms with E-state index in [0.29, 0.717) is 16.5 Å². The molecule has 0 atom stereocenters. The average Bonchev–Trinajstić information content (AvgIpc) is 2.84. The summed E-state index contributed by atoms with van der Waals surface area (Å²) >= 11 is 5.74. The molecule has 3 aromatic heterocycles. The molecular weight excluding hydrogens is 276 g/mol. The lowest BCUT2D eigenvalue weighted by Gasteiger charge is -2.01. The van der Waals surface area contributed by atoms with Crippen molar-refractivity contribution < 1.29 is 4.79 Å². The highest BCUT2D eigenvalue weighted by molar-refractivity contribution is 6.30. The molecule has 0 saturated carbocycles. The molecule has 0 aliphatic carbocycles. The third-order valence-electron chi connectivity index (χ3n) is 2.82. The van der Waals surface area contributed by atoms with Crippen molar-refractivity contribution in [2.24, 2.45) is 0 Å². The maximum absolute atomic E-state index is 12.1. The molecule has 1 amide bonds. The van der Waals surface area contributed by atoms with Crippen LogP contribution in [0.4, 0.5) is 5.82 Å². The van der Waals surface area contributed by atoms with Crippen LogP contribution in [0.3, 0.4) is 0 Å². The van der Waals surface area contributed by atoms with Crippen molar-refractivity contribution in [3.63, 3.8) is 0 Å². The van der Waals surface area contributed by atoms with E-state index in [1.165, 1.54) is 6.20 Å². The van der Waals surface area contributed by atoms with E-state index in [4.69, 9.17) is 11.6 Å². The number of pyridine rings is 2. The highest BCUT2D eigenvalue weighted by Gasteiger charge is 2.11. The summed E-state index contributed by atoms with van der Waals surface area (Å²) in [6.45, 7) is 1.98. The van der Waals surface area contributed by atoms with Gasteiger partial charge in [-0.25, -0.2) is 9.97 Å². The Morgan fingerprint density at radius 1 is 1.35 bits per heavy atom. The Balaban J connectivity index is 1.86. The lowest BCUT2D eigenvalue weighted by atomic mass is 10.3. The summed E-state index contributed by atoms with van der Waals surface area (Å²) in [6, 6.07) is 7.17. The summed E-state index contributed by atoms with van der Waals surface area (Å²) in [5, 5.41) is 3.20. The Labute approximate surface area is 120 Å². The zero-order chi connectivity index (χ0) is 14.1. The standard InChI is InChI=1S/C14H11ClN4O/c1-9-4-5-19-8-11(17-13(19)6-9)14(20)18-12-3-2-10(15)7-16-12/h2-8H,1H3,(H,16,18,20). The molecule has 0 spiro atoms. The van der Waals surface area contributed by atoms with Gasteiger partial charge in [0.25, 0.3) is 5.91 Å². The first-order valence-corrected chi connectivity index (χ1v) is 6.38. The minimum Gasteiger partial charge on any atom is -0.306 e. The number of imidazole rings is 1. The fourth-order valence-electron chi connectivity index (χ4n) is 1.82. The van der Waals surface area contributed by atoms with E-state index in [0.717, 1.165) is 11.2 Å². The number of halogens is 1. The summed E-state index contributed by atoms with van der Waals surface area (Å²) in [7, 11) is 0. The fraction of sp³-hybridized carbons (Fsp3) is 0.0714. The quantitative estimate of drug-likeness (QED) is 0.788. The van der Waals surface area contributed by atoms with Crippen molar-refractivity contribution in [1.29, 1.82) is 0 Å². The number of fused-ring (bicyclic) bond motifs is 1. The monoisotopic (exact) mass is 286 g/mol. The minimum atomic E-state index is -0.304. The van der Waals surface area contributed by atoms with E-state index >= 15 is 0 Å². The first-order chi connectivity index (χ1) is 9.61. The van der Waals surface area contributed by atoms with Gasteiger partial charge in [0.2, 0.25) is 0 Å². The maximum Gasteiger partial charge on any atom is 0.277 e. The number of hydrogen-bond acceptors (Lipinski definition) is 3. The van der Waals surface area contributed by atoms with E-state index in [1.807, 2.05) is 25.3 Å². The number of nitrogens with zero attached hydrogens (tertiary/aromatic N) is 3. The second kappa shape index (κ2) is 4.94. The predicted octanol–water partition coefficient (Wildman–Crippen LogP) is 2.94. The van der Waals surface area contributed by atoms with Crippen LogP contribution < -0.4 is 5.32 Å². The molecule has 3 rings (SSSR count). The zero-order valence-corrected chi connectivity index (χ0v) is 11.4. The number of nitrogens with one attached hydrogen (secondary N) is 1. The Kier molecular flexibility index (Phi) is 3.12. The Morgan fingerprint density at radius 2 is 2.20 bits per heavy atom. The molecule has 1 N–H and O–H groups in total. The molecule has 0 aliphatic rings. The molecule has 0 saturated heterocycles. The van der Waals surface area contributed by atoms with Crippen molar-refractivity contribution in [2.45, 2.75) is 6.92 Å². The zero-order valence-electron chi connectivity index (χ0n) is 10.7. The maximum atomic E-state index is 12.1. The number of anilines is 1. The van der Waals surface area contributed by atoms with Gasteiger partial charge in [-0.3, -0.25) is 4.79 Å². The van der Waals surface area contributed by atoms with Gasteiger partial charge in [-0.1, -0.05) is 11.6 Å². The summed E-state index contributed by atoms with van der Waals surface area (Å²) in [4.78, 5) is 20.4. The summed E-state index contributed by atoms with van der Waals surface area (Å²) in [5.41, 5.74) is 2.17. The molecular formula is C14H11ClN4O. The molecule has 20 heavy (non-hydrogen) atoms. The molecule has 0 fully saturated rings. The molecule has 0 aliphatic heterocycles. The van der Waals surface area contributed by atoms with E-state index in [1.54, 1.807) is 22.7 Å². The van der Waals surface area contributed by atoms with Crippen LogP contribution in [0.25, 0.3) is 5.65 Å². The molecule has 0 unspecified atom stereocenters. The summed E-state index contributed by atoms with van der Waals surface area (Å²) in [6.07, 6.45) is 5.03. The number of aryl methyl sites for hydroxylation is 1. The van der Waals surface area contributed by atoms with Crippen molar-refractivity contribution in [3.05, 3.63) is 59.1 Å². The predicted molar refractivity (Wildman–Crippen MR) is 77.1 cm³/mol. The smallest absolute Gasteiger partial charge is 0.277 e. The van der Waals surface area contributed by atoms with Crippen LogP contribution in [0.15, 0.2) is 42.9 Å².